The normalized spacial score (nSPS) is 12.1. The van der Waals surface area contributed by atoms with E-state index in [-0.39, 0.29) is 11.2 Å². The highest BCUT2D eigenvalue weighted by Crippen LogP contribution is 2.36. The maximum atomic E-state index is 12.6. The van der Waals surface area contributed by atoms with Gasteiger partial charge < -0.3 is 5.73 Å². The molecule has 0 aliphatic carbocycles. The largest absolute Gasteiger partial charge is 0.433 e. The fraction of sp³-hybridized carbons (Fsp3) is 0.100. The Morgan fingerprint density at radius 3 is 2.53 bits per heavy atom. The standard InChI is InChI=1S/C10H5BrF3IN2/c11-4-1-2-5(15)8-6(16)3-7(10(12,13)14)17-9(4)8/h1-3H,(H2,16,17). The Labute approximate surface area is 117 Å². The molecule has 2 nitrogen and oxygen atoms in total. The average molecular weight is 417 g/mol. The zero-order valence-corrected chi connectivity index (χ0v) is 11.9. The van der Waals surface area contributed by atoms with Crippen LogP contribution in [0, 0.1) is 3.57 Å². The molecule has 1 heterocycles. The Morgan fingerprint density at radius 2 is 1.94 bits per heavy atom. The molecule has 17 heavy (non-hydrogen) atoms. The fourth-order valence-corrected chi connectivity index (χ4v) is 2.61. The van der Waals surface area contributed by atoms with Crippen LogP contribution in [-0.2, 0) is 6.18 Å². The van der Waals surface area contributed by atoms with Gasteiger partial charge in [0.1, 0.15) is 5.69 Å². The van der Waals surface area contributed by atoms with Gasteiger partial charge in [-0.3, -0.25) is 0 Å². The molecule has 1 aromatic heterocycles. The van der Waals surface area contributed by atoms with Gasteiger partial charge in [0.15, 0.2) is 0 Å². The van der Waals surface area contributed by atoms with Gasteiger partial charge in [-0.25, -0.2) is 4.98 Å². The average Bonchev–Trinajstić information content (AvgIpc) is 2.21. The Kier molecular flexibility index (Phi) is 3.23. The van der Waals surface area contributed by atoms with Crippen molar-refractivity contribution in [2.75, 3.05) is 5.73 Å². The molecule has 0 radical (unpaired) electrons. The van der Waals surface area contributed by atoms with Crippen molar-refractivity contribution >= 4 is 55.1 Å². The third kappa shape index (κ3) is 2.35. The number of fused-ring (bicyclic) bond motifs is 1. The number of aromatic nitrogens is 1. The third-order valence-corrected chi connectivity index (χ3v) is 3.72. The van der Waals surface area contributed by atoms with Crippen molar-refractivity contribution in [1.82, 2.24) is 4.98 Å². The lowest BCUT2D eigenvalue weighted by molar-refractivity contribution is -0.140. The molecule has 0 saturated heterocycles. The summed E-state index contributed by atoms with van der Waals surface area (Å²) in [6.45, 7) is 0. The molecule has 0 aliphatic heterocycles. The minimum atomic E-state index is -4.50. The number of nitrogens with zero attached hydrogens (tertiary/aromatic N) is 1. The zero-order valence-electron chi connectivity index (χ0n) is 8.15. The lowest BCUT2D eigenvalue weighted by Crippen LogP contribution is -2.09. The van der Waals surface area contributed by atoms with Crippen LogP contribution < -0.4 is 5.73 Å². The summed E-state index contributed by atoms with van der Waals surface area (Å²) in [6.07, 6.45) is -4.50. The monoisotopic (exact) mass is 416 g/mol. The molecule has 1 aromatic carbocycles. The van der Waals surface area contributed by atoms with Crippen LogP contribution in [0.4, 0.5) is 18.9 Å². The molecule has 0 unspecified atom stereocenters. The molecule has 0 amide bonds. The van der Waals surface area contributed by atoms with Gasteiger partial charge in [-0.2, -0.15) is 13.2 Å². The van der Waals surface area contributed by atoms with E-state index >= 15 is 0 Å². The van der Waals surface area contributed by atoms with E-state index in [9.17, 15) is 13.2 Å². The van der Waals surface area contributed by atoms with Crippen LogP contribution in [0.3, 0.4) is 0 Å². The predicted molar refractivity (Wildman–Crippen MR) is 71.6 cm³/mol. The highest BCUT2D eigenvalue weighted by Gasteiger charge is 2.33. The second-order valence-electron chi connectivity index (χ2n) is 3.35. The number of alkyl halides is 3. The molecule has 0 bridgehead atoms. The molecule has 2 aromatic rings. The van der Waals surface area contributed by atoms with Gasteiger partial charge in [-0.05, 0) is 56.7 Å². The molecule has 0 aliphatic rings. The molecular weight excluding hydrogens is 412 g/mol. The number of pyridine rings is 1. The van der Waals surface area contributed by atoms with Crippen molar-refractivity contribution in [3.63, 3.8) is 0 Å². The van der Waals surface area contributed by atoms with Crippen LogP contribution in [0.1, 0.15) is 5.69 Å². The van der Waals surface area contributed by atoms with E-state index in [1.807, 2.05) is 22.6 Å². The first-order valence-electron chi connectivity index (χ1n) is 4.42. The molecule has 2 rings (SSSR count). The summed E-state index contributed by atoms with van der Waals surface area (Å²) in [5.41, 5.74) is 4.98. The van der Waals surface area contributed by atoms with Crippen LogP contribution in [0.2, 0.25) is 0 Å². The Balaban J connectivity index is 2.87. The second-order valence-corrected chi connectivity index (χ2v) is 5.36. The van der Waals surface area contributed by atoms with Gasteiger partial charge in [-0.15, -0.1) is 0 Å². The number of rotatable bonds is 0. The van der Waals surface area contributed by atoms with Crippen LogP contribution in [0.25, 0.3) is 10.9 Å². The van der Waals surface area contributed by atoms with E-state index in [0.29, 0.717) is 9.86 Å². The Hall–Kier alpha value is -0.570. The molecule has 0 spiro atoms. The van der Waals surface area contributed by atoms with Crippen molar-refractivity contribution in [2.24, 2.45) is 0 Å². The fourth-order valence-electron chi connectivity index (χ4n) is 1.44. The van der Waals surface area contributed by atoms with Gasteiger partial charge in [0.2, 0.25) is 0 Å². The summed E-state index contributed by atoms with van der Waals surface area (Å²) in [5, 5.41) is 0.535. The number of nitrogen functional groups attached to an aromatic ring is 1. The Bertz CT molecular complexity index is 598. The second kappa shape index (κ2) is 4.27. The zero-order chi connectivity index (χ0) is 12.8. The van der Waals surface area contributed by atoms with E-state index in [2.05, 4.69) is 20.9 Å². The highest BCUT2D eigenvalue weighted by molar-refractivity contribution is 14.1. The van der Waals surface area contributed by atoms with E-state index in [1.54, 1.807) is 12.1 Å². The van der Waals surface area contributed by atoms with Gasteiger partial charge >= 0.3 is 6.18 Å². The van der Waals surface area contributed by atoms with Crippen molar-refractivity contribution < 1.29 is 13.2 Å². The van der Waals surface area contributed by atoms with Crippen molar-refractivity contribution in [3.05, 3.63) is 31.9 Å². The number of hydrogen-bond acceptors (Lipinski definition) is 2. The van der Waals surface area contributed by atoms with Crippen LogP contribution in [-0.4, -0.2) is 4.98 Å². The summed E-state index contributed by atoms with van der Waals surface area (Å²) in [7, 11) is 0. The van der Waals surface area contributed by atoms with Crippen molar-refractivity contribution in [3.8, 4) is 0 Å². The maximum Gasteiger partial charge on any atom is 0.433 e. The summed E-state index contributed by atoms with van der Waals surface area (Å²) in [5.74, 6) is 0. The van der Waals surface area contributed by atoms with E-state index in [1.165, 1.54) is 0 Å². The van der Waals surface area contributed by atoms with Gasteiger partial charge in [0.05, 0.1) is 5.52 Å². The van der Waals surface area contributed by atoms with Crippen LogP contribution in [0.15, 0.2) is 22.7 Å². The number of nitrogens with two attached hydrogens (primary N) is 1. The SMILES string of the molecule is Nc1cc(C(F)(F)F)nc2c(Br)ccc(I)c12. The van der Waals surface area contributed by atoms with Crippen LogP contribution >= 0.6 is 38.5 Å². The smallest absolute Gasteiger partial charge is 0.398 e. The summed E-state index contributed by atoms with van der Waals surface area (Å²) in [6, 6.07) is 4.27. The van der Waals surface area contributed by atoms with Crippen molar-refractivity contribution in [2.45, 2.75) is 6.18 Å². The number of benzene rings is 1. The first-order chi connectivity index (χ1) is 7.80. The molecule has 90 valence electrons. The molecule has 0 fully saturated rings. The molecule has 7 heteroatoms. The number of hydrogen-bond donors (Lipinski definition) is 1. The van der Waals surface area contributed by atoms with Crippen LogP contribution in [0.5, 0.6) is 0 Å². The molecular formula is C10H5BrF3IN2. The predicted octanol–water partition coefficient (Wildman–Crippen LogP) is 4.20. The summed E-state index contributed by atoms with van der Waals surface area (Å²) in [4.78, 5) is 3.61. The quantitative estimate of drug-likeness (QED) is 0.653. The summed E-state index contributed by atoms with van der Waals surface area (Å²) >= 11 is 5.19. The minimum absolute atomic E-state index is 0.0769. The van der Waals surface area contributed by atoms with E-state index < -0.39 is 11.9 Å². The first kappa shape index (κ1) is 12.9. The number of anilines is 1. The lowest BCUT2D eigenvalue weighted by atomic mass is 10.1. The first-order valence-corrected chi connectivity index (χ1v) is 6.29. The molecule has 0 saturated carbocycles. The molecule has 2 N–H and O–H groups in total. The number of halogens is 5. The van der Waals surface area contributed by atoms with Gasteiger partial charge in [0, 0.05) is 19.1 Å². The third-order valence-electron chi connectivity index (χ3n) is 2.18. The van der Waals surface area contributed by atoms with E-state index in [0.717, 1.165) is 9.64 Å². The Morgan fingerprint density at radius 1 is 1.29 bits per heavy atom. The highest BCUT2D eigenvalue weighted by atomic mass is 127. The van der Waals surface area contributed by atoms with Crippen molar-refractivity contribution in [1.29, 1.82) is 0 Å². The van der Waals surface area contributed by atoms with Gasteiger partial charge in [-0.1, -0.05) is 0 Å². The maximum absolute atomic E-state index is 12.6. The minimum Gasteiger partial charge on any atom is -0.398 e. The summed E-state index contributed by atoms with van der Waals surface area (Å²) < 4.78 is 39.0. The topological polar surface area (TPSA) is 38.9 Å². The molecule has 0 atom stereocenters. The van der Waals surface area contributed by atoms with Gasteiger partial charge in [0.25, 0.3) is 0 Å². The van der Waals surface area contributed by atoms with E-state index in [4.69, 9.17) is 5.73 Å². The lowest BCUT2D eigenvalue weighted by Gasteiger charge is -2.11.